The molecule has 1 heterocycles. The highest BCUT2D eigenvalue weighted by Crippen LogP contribution is 2.26. The average molecular weight is 317 g/mol. The first kappa shape index (κ1) is 17.1. The molecule has 1 aromatic heterocycles. The largest absolute Gasteiger partial charge is 0.494 e. The summed E-state index contributed by atoms with van der Waals surface area (Å²) >= 11 is 0. The maximum absolute atomic E-state index is 11.9. The van der Waals surface area contributed by atoms with Crippen molar-refractivity contribution in [1.82, 2.24) is 4.98 Å². The van der Waals surface area contributed by atoms with Crippen molar-refractivity contribution >= 4 is 23.2 Å². The van der Waals surface area contributed by atoms with Gasteiger partial charge in [0.15, 0.2) is 6.29 Å². The van der Waals surface area contributed by atoms with Gasteiger partial charge in [-0.05, 0) is 31.5 Å². The normalized spacial score (nSPS) is 10.7. The number of unbranched alkanes of at least 4 members (excludes halogenated alkanes) is 3. The van der Waals surface area contributed by atoms with Gasteiger partial charge in [-0.25, -0.2) is 4.79 Å². The molecule has 0 amide bonds. The van der Waals surface area contributed by atoms with Gasteiger partial charge in [0.25, 0.3) is 0 Å². The van der Waals surface area contributed by atoms with Crippen LogP contribution in [0.15, 0.2) is 18.2 Å². The minimum absolute atomic E-state index is 0.192. The van der Waals surface area contributed by atoms with Crippen LogP contribution < -0.4 is 4.74 Å². The number of hydrogen-bond acceptors (Lipinski definition) is 4. The minimum atomic E-state index is -0.521. The Morgan fingerprint density at radius 1 is 1.22 bits per heavy atom. The van der Waals surface area contributed by atoms with Crippen molar-refractivity contribution in [3.8, 4) is 5.75 Å². The lowest BCUT2D eigenvalue weighted by Gasteiger charge is -2.06. The summed E-state index contributed by atoms with van der Waals surface area (Å²) in [5.74, 6) is 0.180. The smallest absolute Gasteiger partial charge is 0.355 e. The average Bonchev–Trinajstić information content (AvgIpc) is 2.93. The summed E-state index contributed by atoms with van der Waals surface area (Å²) in [5.41, 5.74) is 1.22. The monoisotopic (exact) mass is 317 g/mol. The molecule has 0 saturated carbocycles. The fourth-order valence-corrected chi connectivity index (χ4v) is 2.49. The summed E-state index contributed by atoms with van der Waals surface area (Å²) in [7, 11) is 0. The Balaban J connectivity index is 2.18. The SMILES string of the molecule is CCCCCCOc1ccc2[nH]c(C(=O)OCC)c(C=O)c2c1. The molecule has 124 valence electrons. The Kier molecular flexibility index (Phi) is 6.20. The highest BCUT2D eigenvalue weighted by Gasteiger charge is 2.18. The number of fused-ring (bicyclic) bond motifs is 1. The zero-order valence-corrected chi connectivity index (χ0v) is 13.7. The fourth-order valence-electron chi connectivity index (χ4n) is 2.49. The first-order valence-corrected chi connectivity index (χ1v) is 8.12. The number of aldehydes is 1. The highest BCUT2D eigenvalue weighted by atomic mass is 16.5. The van der Waals surface area contributed by atoms with E-state index in [0.29, 0.717) is 35.1 Å². The molecular weight excluding hydrogens is 294 g/mol. The number of rotatable bonds is 9. The molecule has 0 aliphatic rings. The van der Waals surface area contributed by atoms with Crippen molar-refractivity contribution in [2.45, 2.75) is 39.5 Å². The highest BCUT2D eigenvalue weighted by molar-refractivity contribution is 6.08. The Hall–Kier alpha value is -2.30. The molecule has 2 aromatic rings. The van der Waals surface area contributed by atoms with Crippen LogP contribution in [0.5, 0.6) is 5.75 Å². The van der Waals surface area contributed by atoms with Crippen molar-refractivity contribution in [3.05, 3.63) is 29.5 Å². The summed E-state index contributed by atoms with van der Waals surface area (Å²) in [5, 5.41) is 0.675. The van der Waals surface area contributed by atoms with E-state index in [1.54, 1.807) is 13.0 Å². The first-order chi connectivity index (χ1) is 11.2. The second-order valence-electron chi connectivity index (χ2n) is 5.37. The molecule has 0 bridgehead atoms. The molecule has 0 radical (unpaired) electrons. The van der Waals surface area contributed by atoms with Crippen LogP contribution in [0.1, 0.15) is 60.4 Å². The molecule has 0 aliphatic carbocycles. The van der Waals surface area contributed by atoms with Gasteiger partial charge >= 0.3 is 5.97 Å². The zero-order chi connectivity index (χ0) is 16.7. The summed E-state index contributed by atoms with van der Waals surface area (Å²) in [4.78, 5) is 26.2. The number of carbonyl (C=O) groups excluding carboxylic acids is 2. The molecule has 0 fully saturated rings. The van der Waals surface area contributed by atoms with Crippen molar-refractivity contribution in [2.24, 2.45) is 0 Å². The Labute approximate surface area is 136 Å². The lowest BCUT2D eigenvalue weighted by molar-refractivity contribution is 0.0518. The number of carbonyl (C=O) groups is 2. The lowest BCUT2D eigenvalue weighted by atomic mass is 10.1. The van der Waals surface area contributed by atoms with Gasteiger partial charge in [-0.2, -0.15) is 0 Å². The predicted molar refractivity (Wildman–Crippen MR) is 89.3 cm³/mol. The topological polar surface area (TPSA) is 68.4 Å². The fraction of sp³-hybridized carbons (Fsp3) is 0.444. The van der Waals surface area contributed by atoms with E-state index in [9.17, 15) is 9.59 Å². The molecule has 0 atom stereocenters. The van der Waals surface area contributed by atoms with Gasteiger partial charge in [-0.15, -0.1) is 0 Å². The van der Waals surface area contributed by atoms with Crippen molar-refractivity contribution in [3.63, 3.8) is 0 Å². The van der Waals surface area contributed by atoms with Crippen LogP contribution in [0.3, 0.4) is 0 Å². The van der Waals surface area contributed by atoms with Gasteiger partial charge in [-0.1, -0.05) is 26.2 Å². The first-order valence-electron chi connectivity index (χ1n) is 8.12. The number of esters is 1. The van der Waals surface area contributed by atoms with Gasteiger partial charge in [0.2, 0.25) is 0 Å². The maximum atomic E-state index is 11.9. The molecule has 0 aliphatic heterocycles. The number of benzene rings is 1. The van der Waals surface area contributed by atoms with Crippen molar-refractivity contribution < 1.29 is 19.1 Å². The Morgan fingerprint density at radius 3 is 2.74 bits per heavy atom. The molecule has 0 saturated heterocycles. The van der Waals surface area contributed by atoms with E-state index >= 15 is 0 Å². The van der Waals surface area contributed by atoms with E-state index in [1.165, 1.54) is 12.8 Å². The van der Waals surface area contributed by atoms with Crippen LogP contribution in [-0.2, 0) is 4.74 Å². The van der Waals surface area contributed by atoms with E-state index in [4.69, 9.17) is 9.47 Å². The van der Waals surface area contributed by atoms with Crippen LogP contribution in [0, 0.1) is 0 Å². The van der Waals surface area contributed by atoms with Gasteiger partial charge in [0.05, 0.1) is 18.8 Å². The second-order valence-corrected chi connectivity index (χ2v) is 5.37. The number of aromatic nitrogens is 1. The van der Waals surface area contributed by atoms with Crippen molar-refractivity contribution in [2.75, 3.05) is 13.2 Å². The molecule has 23 heavy (non-hydrogen) atoms. The maximum Gasteiger partial charge on any atom is 0.355 e. The number of hydrogen-bond donors (Lipinski definition) is 1. The predicted octanol–water partition coefficient (Wildman–Crippen LogP) is 4.12. The molecular formula is C18H23NO4. The van der Waals surface area contributed by atoms with E-state index in [2.05, 4.69) is 11.9 Å². The van der Waals surface area contributed by atoms with E-state index < -0.39 is 5.97 Å². The van der Waals surface area contributed by atoms with Gasteiger partial charge in [0.1, 0.15) is 11.4 Å². The molecule has 5 heteroatoms. The van der Waals surface area contributed by atoms with E-state index in [1.807, 2.05) is 12.1 Å². The molecule has 1 aromatic carbocycles. The number of nitrogens with one attached hydrogen (secondary N) is 1. The summed E-state index contributed by atoms with van der Waals surface area (Å²) in [6.07, 6.45) is 5.23. The third-order valence-electron chi connectivity index (χ3n) is 3.67. The van der Waals surface area contributed by atoms with Gasteiger partial charge < -0.3 is 14.5 Å². The van der Waals surface area contributed by atoms with Gasteiger partial charge in [0, 0.05) is 10.9 Å². The van der Waals surface area contributed by atoms with E-state index in [0.717, 1.165) is 12.8 Å². The number of H-pyrrole nitrogens is 1. The van der Waals surface area contributed by atoms with Crippen LogP contribution >= 0.6 is 0 Å². The molecule has 0 unspecified atom stereocenters. The molecule has 1 N–H and O–H groups in total. The third-order valence-corrected chi connectivity index (χ3v) is 3.67. The van der Waals surface area contributed by atoms with Crippen LogP contribution in [0.25, 0.3) is 10.9 Å². The standard InChI is InChI=1S/C18H23NO4/c1-3-5-6-7-10-23-13-8-9-16-14(11-13)15(12-20)17(19-16)18(21)22-4-2/h8-9,11-12,19H,3-7,10H2,1-2H3. The Bertz CT molecular complexity index is 675. The number of ether oxygens (including phenoxy) is 2. The minimum Gasteiger partial charge on any atom is -0.494 e. The second kappa shape index (κ2) is 8.36. The molecule has 0 spiro atoms. The summed E-state index contributed by atoms with van der Waals surface area (Å²) in [6.45, 7) is 4.81. The van der Waals surface area contributed by atoms with Crippen LogP contribution in [-0.4, -0.2) is 30.5 Å². The van der Waals surface area contributed by atoms with Crippen molar-refractivity contribution in [1.29, 1.82) is 0 Å². The van der Waals surface area contributed by atoms with Crippen LogP contribution in [0.4, 0.5) is 0 Å². The lowest BCUT2D eigenvalue weighted by Crippen LogP contribution is -2.07. The zero-order valence-electron chi connectivity index (χ0n) is 13.7. The molecule has 5 nitrogen and oxygen atoms in total. The van der Waals surface area contributed by atoms with Crippen LogP contribution in [0.2, 0.25) is 0 Å². The molecule has 2 rings (SSSR count). The third kappa shape index (κ3) is 4.12. The summed E-state index contributed by atoms with van der Waals surface area (Å²) < 4.78 is 10.7. The van der Waals surface area contributed by atoms with Gasteiger partial charge in [-0.3, -0.25) is 4.79 Å². The quantitative estimate of drug-likeness (QED) is 0.429. The Morgan fingerprint density at radius 2 is 2.04 bits per heavy atom. The van der Waals surface area contributed by atoms with E-state index in [-0.39, 0.29) is 12.3 Å². The number of aromatic amines is 1. The summed E-state index contributed by atoms with van der Waals surface area (Å²) in [6, 6.07) is 5.44.